The molecule has 0 bridgehead atoms. The third-order valence-corrected chi connectivity index (χ3v) is 6.47. The molecule has 0 aromatic heterocycles. The molecule has 2 fully saturated rings. The van der Waals surface area contributed by atoms with E-state index in [1.165, 1.54) is 38.5 Å². The Hall–Kier alpha value is 0. The molecule has 0 aromatic rings. The van der Waals surface area contributed by atoms with E-state index in [-0.39, 0.29) is 0 Å². The Kier molecular flexibility index (Phi) is 6.21. The third-order valence-electron chi connectivity index (χ3n) is 6.47. The highest BCUT2D eigenvalue weighted by Crippen LogP contribution is 2.46. The van der Waals surface area contributed by atoms with Crippen molar-refractivity contribution in [2.45, 2.75) is 80.1 Å². The van der Waals surface area contributed by atoms with Crippen LogP contribution in [0.5, 0.6) is 0 Å². The van der Waals surface area contributed by atoms with Gasteiger partial charge in [-0.3, -0.25) is 0 Å². The molecule has 6 unspecified atom stereocenters. The van der Waals surface area contributed by atoms with Crippen molar-refractivity contribution >= 4 is 0 Å². The van der Waals surface area contributed by atoms with Crippen LogP contribution in [0.25, 0.3) is 0 Å². The first-order valence-electron chi connectivity index (χ1n) is 9.64. The molecule has 0 N–H and O–H groups in total. The zero-order valence-corrected chi connectivity index (χ0v) is 15.4. The fourth-order valence-electron chi connectivity index (χ4n) is 5.06. The van der Waals surface area contributed by atoms with Crippen LogP contribution < -0.4 is 0 Å². The lowest BCUT2D eigenvalue weighted by molar-refractivity contribution is 0.113. The van der Waals surface area contributed by atoms with Gasteiger partial charge in [-0.25, -0.2) is 0 Å². The topological polar surface area (TPSA) is 0 Å². The average Bonchev–Trinajstić information content (AvgIpc) is 2.38. The van der Waals surface area contributed by atoms with Crippen molar-refractivity contribution in [2.24, 2.45) is 47.3 Å². The van der Waals surface area contributed by atoms with Gasteiger partial charge in [0.2, 0.25) is 0 Å². The lowest BCUT2D eigenvalue weighted by Gasteiger charge is -2.43. The van der Waals surface area contributed by atoms with Gasteiger partial charge < -0.3 is 0 Å². The van der Waals surface area contributed by atoms with Crippen LogP contribution in [0.4, 0.5) is 0 Å². The highest BCUT2D eigenvalue weighted by molar-refractivity contribution is 4.97. The minimum absolute atomic E-state index is 0.769. The van der Waals surface area contributed by atoms with E-state index < -0.39 is 0 Å². The molecule has 0 aliphatic heterocycles. The van der Waals surface area contributed by atoms with E-state index >= 15 is 0 Å². The van der Waals surface area contributed by atoms with Crippen molar-refractivity contribution in [3.63, 3.8) is 0 Å². The van der Waals surface area contributed by atoms with Crippen LogP contribution in [-0.2, 0) is 0 Å². The molecule has 2 radical (unpaired) electrons. The number of hydrogen-bond acceptors (Lipinski definition) is 0. The summed E-state index contributed by atoms with van der Waals surface area (Å²) in [5.41, 5.74) is 0. The summed E-state index contributed by atoms with van der Waals surface area (Å²) in [6.07, 6.45) is 12.7. The molecule has 2 rings (SSSR count). The van der Waals surface area contributed by atoms with Crippen molar-refractivity contribution < 1.29 is 0 Å². The summed E-state index contributed by atoms with van der Waals surface area (Å²) in [7, 11) is 0. The minimum Gasteiger partial charge on any atom is -0.0625 e. The van der Waals surface area contributed by atoms with Gasteiger partial charge in [0.1, 0.15) is 0 Å². The van der Waals surface area contributed by atoms with Crippen LogP contribution in [0.1, 0.15) is 80.1 Å². The lowest BCUT2D eigenvalue weighted by atomic mass is 9.62. The van der Waals surface area contributed by atoms with Crippen LogP contribution >= 0.6 is 0 Å². The van der Waals surface area contributed by atoms with Crippen molar-refractivity contribution in [1.29, 1.82) is 0 Å². The number of hydrogen-bond donors (Lipinski definition) is 0. The minimum atomic E-state index is 0.769. The van der Waals surface area contributed by atoms with Gasteiger partial charge >= 0.3 is 0 Å². The van der Waals surface area contributed by atoms with E-state index in [4.69, 9.17) is 0 Å². The molecule has 6 atom stereocenters. The molecule has 0 nitrogen and oxygen atoms in total. The Balaban J connectivity index is 2.04. The van der Waals surface area contributed by atoms with Gasteiger partial charge in [-0.15, -0.1) is 0 Å². The van der Waals surface area contributed by atoms with Gasteiger partial charge in [0.15, 0.2) is 0 Å². The molecular formula is C21H38. The van der Waals surface area contributed by atoms with Gasteiger partial charge in [-0.05, 0) is 79.4 Å². The van der Waals surface area contributed by atoms with Crippen LogP contribution in [0.3, 0.4) is 0 Å². The highest BCUT2D eigenvalue weighted by Gasteiger charge is 2.37. The molecule has 0 saturated heterocycles. The Morgan fingerprint density at radius 3 is 1.38 bits per heavy atom. The summed E-state index contributed by atoms with van der Waals surface area (Å²) in [5.74, 6) is 6.81. The molecule has 0 heterocycles. The summed E-state index contributed by atoms with van der Waals surface area (Å²) in [4.78, 5) is 0. The first-order valence-corrected chi connectivity index (χ1v) is 9.64. The van der Waals surface area contributed by atoms with Crippen molar-refractivity contribution in [3.05, 3.63) is 6.42 Å². The zero-order valence-electron chi connectivity index (χ0n) is 15.4. The average molecular weight is 291 g/mol. The molecular weight excluding hydrogens is 252 g/mol. The monoisotopic (exact) mass is 290 g/mol. The zero-order chi connectivity index (χ0) is 15.6. The van der Waals surface area contributed by atoms with Crippen molar-refractivity contribution in [1.82, 2.24) is 0 Å². The van der Waals surface area contributed by atoms with E-state index in [0.29, 0.717) is 0 Å². The van der Waals surface area contributed by atoms with Crippen LogP contribution in [-0.4, -0.2) is 0 Å². The normalized spacial score (nSPS) is 41.7. The molecule has 21 heavy (non-hydrogen) atoms. The molecule has 2 aliphatic rings. The fraction of sp³-hybridized carbons (Fsp3) is 0.952. The predicted molar refractivity (Wildman–Crippen MR) is 92.9 cm³/mol. The standard InChI is InChI=1S/C21H38/c1-14(2)20-9-7-16(5)11-18(20)13-19-12-17(6)8-10-21(19)15(3)4/h14-21H,7-12H2,1-6H3. The quantitative estimate of drug-likeness (QED) is 0.555. The van der Waals surface area contributed by atoms with Crippen LogP contribution in [0.15, 0.2) is 0 Å². The largest absolute Gasteiger partial charge is 0.0625 e. The highest BCUT2D eigenvalue weighted by atomic mass is 14.4. The molecule has 0 heteroatoms. The summed E-state index contributed by atoms with van der Waals surface area (Å²) in [6, 6.07) is 0. The Morgan fingerprint density at radius 2 is 1.05 bits per heavy atom. The molecule has 0 amide bonds. The Bertz CT molecular complexity index is 273. The predicted octanol–water partition coefficient (Wildman–Crippen LogP) is 6.48. The summed E-state index contributed by atoms with van der Waals surface area (Å²) >= 11 is 0. The second-order valence-corrected chi connectivity index (χ2v) is 9.03. The van der Waals surface area contributed by atoms with E-state index in [1.54, 1.807) is 0 Å². The van der Waals surface area contributed by atoms with Gasteiger partial charge in [0.05, 0.1) is 0 Å². The first kappa shape index (κ1) is 17.4. The smallest absolute Gasteiger partial charge is 0.00998 e. The second-order valence-electron chi connectivity index (χ2n) is 9.03. The maximum atomic E-state index is 4.18. The molecule has 2 aliphatic carbocycles. The molecule has 2 saturated carbocycles. The third kappa shape index (κ3) is 4.49. The van der Waals surface area contributed by atoms with Gasteiger partial charge in [-0.1, -0.05) is 54.4 Å². The number of rotatable bonds is 4. The van der Waals surface area contributed by atoms with Gasteiger partial charge in [0.25, 0.3) is 0 Å². The van der Waals surface area contributed by atoms with Crippen molar-refractivity contribution in [2.75, 3.05) is 0 Å². The van der Waals surface area contributed by atoms with E-state index in [0.717, 1.165) is 47.3 Å². The SMILES string of the molecule is CC1CCC(C(C)C)C([C]C2CC(C)CCC2C(C)C)C1. The van der Waals surface area contributed by atoms with Gasteiger partial charge in [-0.2, -0.15) is 0 Å². The fourth-order valence-corrected chi connectivity index (χ4v) is 5.06. The first-order chi connectivity index (χ1) is 9.88. The Labute approximate surface area is 134 Å². The summed E-state index contributed by atoms with van der Waals surface area (Å²) in [5, 5.41) is 0. The maximum absolute atomic E-state index is 4.18. The lowest BCUT2D eigenvalue weighted by Crippen LogP contribution is -2.35. The second kappa shape index (κ2) is 7.51. The van der Waals surface area contributed by atoms with E-state index in [2.05, 4.69) is 48.0 Å². The van der Waals surface area contributed by atoms with E-state index in [1.807, 2.05) is 0 Å². The maximum Gasteiger partial charge on any atom is -0.00998 e. The molecule has 0 aromatic carbocycles. The van der Waals surface area contributed by atoms with Crippen molar-refractivity contribution in [3.8, 4) is 0 Å². The van der Waals surface area contributed by atoms with Gasteiger partial charge in [0, 0.05) is 0 Å². The van der Waals surface area contributed by atoms with Crippen LogP contribution in [0.2, 0.25) is 0 Å². The van der Waals surface area contributed by atoms with Crippen LogP contribution in [0, 0.1) is 53.8 Å². The molecule has 0 spiro atoms. The summed E-state index contributed by atoms with van der Waals surface area (Å²) < 4.78 is 0. The summed E-state index contributed by atoms with van der Waals surface area (Å²) in [6.45, 7) is 14.6. The molecule has 122 valence electrons. The van der Waals surface area contributed by atoms with E-state index in [9.17, 15) is 0 Å². The Morgan fingerprint density at radius 1 is 0.667 bits per heavy atom.